The maximum atomic E-state index is 5.99. The van der Waals surface area contributed by atoms with Gasteiger partial charge in [-0.1, -0.05) is 29.9 Å². The molecule has 2 aromatic rings. The van der Waals surface area contributed by atoms with Crippen LogP contribution in [0, 0.1) is 11.6 Å². The highest BCUT2D eigenvalue weighted by Gasteiger charge is 2.01. The van der Waals surface area contributed by atoms with Crippen molar-refractivity contribution in [2.24, 2.45) is 0 Å². The number of nitrogens with zero attached hydrogens (tertiary/aromatic N) is 1. The predicted molar refractivity (Wildman–Crippen MR) is 56.7 cm³/mol. The number of hydrogen-bond donors (Lipinski definition) is 1. The molecule has 1 N–H and O–H groups in total. The van der Waals surface area contributed by atoms with Gasteiger partial charge in [0.15, 0.2) is 0 Å². The van der Waals surface area contributed by atoms with Crippen LogP contribution in [0.4, 0.5) is 0 Å². The van der Waals surface area contributed by atoms with Gasteiger partial charge in [0, 0.05) is 0 Å². The van der Waals surface area contributed by atoms with E-state index < -0.39 is 0 Å². The second-order valence-corrected chi connectivity index (χ2v) is 3.58. The van der Waals surface area contributed by atoms with Crippen LogP contribution in [0.5, 0.6) is 0 Å². The number of hydrogen-bond acceptors (Lipinski definition) is 2. The number of fused-ring (bicyclic) bond motifs is 1. The normalized spacial score (nSPS) is 10.6. The van der Waals surface area contributed by atoms with E-state index in [-0.39, 0.29) is 0 Å². The second kappa shape index (κ2) is 3.09. The molecule has 1 aromatic carbocycles. The van der Waals surface area contributed by atoms with E-state index in [4.69, 9.17) is 23.8 Å². The SMILES string of the molecule is Cc1nc(=S)c2c(Cl)cccc2[nH]1. The van der Waals surface area contributed by atoms with Crippen LogP contribution in [0.2, 0.25) is 5.02 Å². The van der Waals surface area contributed by atoms with Crippen LogP contribution < -0.4 is 0 Å². The molecular formula is C9H7ClN2S. The fourth-order valence-electron chi connectivity index (χ4n) is 1.28. The lowest BCUT2D eigenvalue weighted by molar-refractivity contribution is 1.08. The van der Waals surface area contributed by atoms with E-state index in [1.807, 2.05) is 25.1 Å². The van der Waals surface area contributed by atoms with E-state index >= 15 is 0 Å². The molecule has 13 heavy (non-hydrogen) atoms. The highest BCUT2D eigenvalue weighted by atomic mass is 35.5. The van der Waals surface area contributed by atoms with Gasteiger partial charge in [0.25, 0.3) is 0 Å². The molecule has 4 heteroatoms. The van der Waals surface area contributed by atoms with Crippen molar-refractivity contribution in [2.75, 3.05) is 0 Å². The molecule has 2 nitrogen and oxygen atoms in total. The van der Waals surface area contributed by atoms with Gasteiger partial charge in [0.2, 0.25) is 0 Å². The molecule has 0 atom stereocenters. The van der Waals surface area contributed by atoms with Crippen LogP contribution in [-0.2, 0) is 0 Å². The standard InChI is InChI=1S/C9H7ClN2S/c1-5-11-7-4-2-3-6(10)8(7)9(13)12-5/h2-4H,1H3,(H,11,12,13). The Morgan fingerprint density at radius 2 is 2.23 bits per heavy atom. The van der Waals surface area contributed by atoms with Gasteiger partial charge < -0.3 is 4.98 Å². The molecule has 0 aliphatic carbocycles. The number of H-pyrrole nitrogens is 1. The second-order valence-electron chi connectivity index (χ2n) is 2.79. The van der Waals surface area contributed by atoms with E-state index in [0.717, 1.165) is 16.7 Å². The van der Waals surface area contributed by atoms with Crippen LogP contribution in [0.3, 0.4) is 0 Å². The van der Waals surface area contributed by atoms with Gasteiger partial charge in [-0.25, -0.2) is 4.98 Å². The Balaban J connectivity index is 3.03. The lowest BCUT2D eigenvalue weighted by atomic mass is 10.2. The minimum absolute atomic E-state index is 0.553. The molecule has 0 saturated carbocycles. The summed E-state index contributed by atoms with van der Waals surface area (Å²) >= 11 is 11.1. The van der Waals surface area contributed by atoms with Crippen molar-refractivity contribution >= 4 is 34.7 Å². The molecule has 66 valence electrons. The Bertz CT molecular complexity index is 518. The van der Waals surface area contributed by atoms with Crippen molar-refractivity contribution in [1.29, 1.82) is 0 Å². The first-order chi connectivity index (χ1) is 6.18. The summed E-state index contributed by atoms with van der Waals surface area (Å²) in [5, 5.41) is 1.47. The zero-order chi connectivity index (χ0) is 9.42. The number of nitrogens with one attached hydrogen (secondary N) is 1. The first-order valence-corrected chi connectivity index (χ1v) is 4.62. The summed E-state index contributed by atoms with van der Waals surface area (Å²) in [5.74, 6) is 0.805. The summed E-state index contributed by atoms with van der Waals surface area (Å²) in [6.45, 7) is 1.87. The molecule has 0 amide bonds. The Labute approximate surface area is 85.6 Å². The monoisotopic (exact) mass is 210 g/mol. The van der Waals surface area contributed by atoms with Crippen LogP contribution in [0.15, 0.2) is 18.2 Å². The Hall–Kier alpha value is -0.930. The molecule has 0 aliphatic rings. The molecule has 2 rings (SSSR count). The topological polar surface area (TPSA) is 28.7 Å². The average molecular weight is 211 g/mol. The summed E-state index contributed by atoms with van der Waals surface area (Å²) in [7, 11) is 0. The summed E-state index contributed by atoms with van der Waals surface area (Å²) < 4.78 is 0.553. The van der Waals surface area contributed by atoms with E-state index in [1.54, 1.807) is 0 Å². The number of aromatic nitrogens is 2. The van der Waals surface area contributed by atoms with Crippen molar-refractivity contribution in [3.05, 3.63) is 33.7 Å². The number of aromatic amines is 1. The molecule has 0 radical (unpaired) electrons. The summed E-state index contributed by atoms with van der Waals surface area (Å²) in [4.78, 5) is 7.25. The van der Waals surface area contributed by atoms with E-state index in [1.165, 1.54) is 0 Å². The molecule has 0 aliphatic heterocycles. The predicted octanol–water partition coefficient (Wildman–Crippen LogP) is 3.25. The Morgan fingerprint density at radius 3 is 3.00 bits per heavy atom. The van der Waals surface area contributed by atoms with Crippen LogP contribution >= 0.6 is 23.8 Å². The van der Waals surface area contributed by atoms with Crippen molar-refractivity contribution in [3.8, 4) is 0 Å². The van der Waals surface area contributed by atoms with Crippen LogP contribution in [0.1, 0.15) is 5.82 Å². The zero-order valence-electron chi connectivity index (χ0n) is 6.97. The van der Waals surface area contributed by atoms with Gasteiger partial charge in [-0.15, -0.1) is 0 Å². The minimum Gasteiger partial charge on any atom is -0.343 e. The van der Waals surface area contributed by atoms with Crippen molar-refractivity contribution < 1.29 is 0 Å². The van der Waals surface area contributed by atoms with E-state index in [9.17, 15) is 0 Å². The summed E-state index contributed by atoms with van der Waals surface area (Å²) in [5.41, 5.74) is 0.935. The van der Waals surface area contributed by atoms with Gasteiger partial charge in [-0.05, 0) is 19.1 Å². The zero-order valence-corrected chi connectivity index (χ0v) is 8.54. The molecule has 1 heterocycles. The molecule has 0 unspecified atom stereocenters. The number of halogens is 1. The van der Waals surface area contributed by atoms with Crippen molar-refractivity contribution in [1.82, 2.24) is 9.97 Å². The fraction of sp³-hybridized carbons (Fsp3) is 0.111. The van der Waals surface area contributed by atoms with Crippen LogP contribution in [-0.4, -0.2) is 9.97 Å². The van der Waals surface area contributed by atoms with Gasteiger partial charge >= 0.3 is 0 Å². The average Bonchev–Trinajstić information content (AvgIpc) is 2.02. The van der Waals surface area contributed by atoms with E-state index in [0.29, 0.717) is 9.66 Å². The van der Waals surface area contributed by atoms with E-state index in [2.05, 4.69) is 9.97 Å². The largest absolute Gasteiger partial charge is 0.343 e. The first kappa shape index (κ1) is 8.66. The molecule has 0 saturated heterocycles. The molecule has 0 bridgehead atoms. The molecule has 0 fully saturated rings. The smallest absolute Gasteiger partial charge is 0.139 e. The molecule has 1 aromatic heterocycles. The fourth-order valence-corrected chi connectivity index (χ4v) is 1.95. The first-order valence-electron chi connectivity index (χ1n) is 3.83. The Morgan fingerprint density at radius 1 is 1.46 bits per heavy atom. The summed E-state index contributed by atoms with van der Waals surface area (Å²) in [6.07, 6.45) is 0. The lowest BCUT2D eigenvalue weighted by Crippen LogP contribution is -1.89. The highest BCUT2D eigenvalue weighted by Crippen LogP contribution is 2.21. The molecular weight excluding hydrogens is 204 g/mol. The lowest BCUT2D eigenvalue weighted by Gasteiger charge is -2.01. The number of benzene rings is 1. The summed E-state index contributed by atoms with van der Waals surface area (Å²) in [6, 6.07) is 5.63. The van der Waals surface area contributed by atoms with Gasteiger partial charge in [-0.3, -0.25) is 0 Å². The third-order valence-corrected chi connectivity index (χ3v) is 2.42. The van der Waals surface area contributed by atoms with Gasteiger partial charge in [-0.2, -0.15) is 0 Å². The van der Waals surface area contributed by atoms with Crippen molar-refractivity contribution in [3.63, 3.8) is 0 Å². The minimum atomic E-state index is 0.553. The van der Waals surface area contributed by atoms with Gasteiger partial charge in [0.1, 0.15) is 10.5 Å². The van der Waals surface area contributed by atoms with Gasteiger partial charge in [0.05, 0.1) is 15.9 Å². The van der Waals surface area contributed by atoms with Crippen LogP contribution in [0.25, 0.3) is 10.9 Å². The third kappa shape index (κ3) is 1.45. The third-order valence-electron chi connectivity index (χ3n) is 1.81. The number of aryl methyl sites for hydroxylation is 1. The maximum Gasteiger partial charge on any atom is 0.139 e. The Kier molecular flexibility index (Phi) is 2.06. The highest BCUT2D eigenvalue weighted by molar-refractivity contribution is 7.71. The number of rotatable bonds is 0. The quantitative estimate of drug-likeness (QED) is 0.677. The molecule has 0 spiro atoms. The maximum absolute atomic E-state index is 5.99. The van der Waals surface area contributed by atoms with Crippen molar-refractivity contribution in [2.45, 2.75) is 6.92 Å².